The van der Waals surface area contributed by atoms with Gasteiger partial charge in [0.2, 0.25) is 5.91 Å². The first-order chi connectivity index (χ1) is 29.2. The van der Waals surface area contributed by atoms with Crippen LogP contribution in [0, 0.1) is 33.6 Å². The summed E-state index contributed by atoms with van der Waals surface area (Å²) in [6.07, 6.45) is 1.78. The van der Waals surface area contributed by atoms with Crippen LogP contribution in [0.1, 0.15) is 43.0 Å². The highest BCUT2D eigenvalue weighted by atomic mass is 16.5. The number of carbonyl (C=O) groups is 2. The van der Waals surface area contributed by atoms with Crippen LogP contribution in [0.4, 0.5) is 0 Å². The second kappa shape index (κ2) is 23.8. The number of hydrogen-bond donors (Lipinski definition) is 1. The Balaban J connectivity index is 0.000000291. The molecular formula is C41H61N9O13. The number of nitrogens with zero attached hydrogens (tertiary/aromatic N) is 9. The summed E-state index contributed by atoms with van der Waals surface area (Å²) in [5, 5.41) is 8.62. The lowest BCUT2D eigenvalue weighted by Crippen LogP contribution is -2.47. The van der Waals surface area contributed by atoms with E-state index in [1.54, 1.807) is 60.8 Å². The third kappa shape index (κ3) is 13.9. The van der Waals surface area contributed by atoms with Crippen LogP contribution in [0.5, 0.6) is 0 Å². The van der Waals surface area contributed by atoms with E-state index in [1.807, 2.05) is 0 Å². The lowest BCUT2D eigenvalue weighted by molar-refractivity contribution is -0.136. The Kier molecular flexibility index (Phi) is 20.0. The Hall–Kier alpha value is -6.26. The van der Waals surface area contributed by atoms with E-state index in [2.05, 4.69) is 0 Å². The molecule has 0 bridgehead atoms. The summed E-state index contributed by atoms with van der Waals surface area (Å²) in [6.45, 7) is 8.95. The number of hydrogen-bond acceptors (Lipinski definition) is 13. The van der Waals surface area contributed by atoms with Gasteiger partial charge in [0, 0.05) is 101 Å². The van der Waals surface area contributed by atoms with Crippen molar-refractivity contribution < 1.29 is 24.2 Å². The van der Waals surface area contributed by atoms with Gasteiger partial charge in [0.1, 0.15) is 6.54 Å². The van der Waals surface area contributed by atoms with E-state index < -0.39 is 22.5 Å². The van der Waals surface area contributed by atoms with Crippen LogP contribution in [-0.4, -0.2) is 105 Å². The predicted molar refractivity (Wildman–Crippen MR) is 234 cm³/mol. The molecule has 2 fully saturated rings. The normalized spacial score (nSPS) is 13.0. The highest BCUT2D eigenvalue weighted by Crippen LogP contribution is 2.29. The molecule has 1 aliphatic carbocycles. The molecule has 1 N–H and O–H groups in total. The van der Waals surface area contributed by atoms with Crippen LogP contribution in [0.15, 0.2) is 62.6 Å². The minimum atomic E-state index is -0.466. The number of ketones is 1. The maximum Gasteiger partial charge on any atom is 0.331 e. The van der Waals surface area contributed by atoms with Crippen molar-refractivity contribution in [3.05, 3.63) is 130 Å². The van der Waals surface area contributed by atoms with E-state index in [-0.39, 0.29) is 73.8 Å². The molecular weight excluding hydrogens is 827 g/mol. The van der Waals surface area contributed by atoms with Crippen molar-refractivity contribution >= 4 is 11.7 Å². The summed E-state index contributed by atoms with van der Waals surface area (Å²) in [5.74, 6) is -0.174. The van der Waals surface area contributed by atoms with Crippen molar-refractivity contribution in [2.45, 2.75) is 74.1 Å². The van der Waals surface area contributed by atoms with E-state index in [0.717, 1.165) is 31.1 Å². The maximum atomic E-state index is 12.0. The van der Waals surface area contributed by atoms with Gasteiger partial charge in [0.25, 0.3) is 22.2 Å². The lowest BCUT2D eigenvalue weighted by atomic mass is 10.2. The molecule has 0 unspecified atom stereocenters. The van der Waals surface area contributed by atoms with Gasteiger partial charge >= 0.3 is 22.8 Å². The average molecular weight is 888 g/mol. The highest BCUT2D eigenvalue weighted by Gasteiger charge is 2.30. The summed E-state index contributed by atoms with van der Waals surface area (Å²) in [4.78, 5) is 118. The molecule has 0 atom stereocenters. The molecule has 348 valence electrons. The molecule has 6 rings (SSSR count). The fourth-order valence-electron chi connectivity index (χ4n) is 5.84. The summed E-state index contributed by atoms with van der Waals surface area (Å²) in [6, 6.07) is 5.55. The maximum absolute atomic E-state index is 12.0. The minimum absolute atomic E-state index is 0. The van der Waals surface area contributed by atoms with E-state index in [9.17, 15) is 47.9 Å². The Morgan fingerprint density at radius 1 is 0.603 bits per heavy atom. The standard InChI is InChI=1S/C12H17N3O4.C11H14N2O3.C9H14N2O3.C8H12N2O3.CH4/c1-9-7-10(16)15(12(18)13(9)2)8-11(17)14-3-5-19-6-4-14;1-7-5-10(15)13(11(16)12(7)2)6-9(14)8-3-4-8;1-7-6-8(12)11(4-5-14-3)9(13)10(7)2;1-6-5-7(12)10(3-4-11)8(13)9(6)2;/h7H,3-6,8H2,1-2H3;5,8H,3-4,6H2,1-2H3;6H,4-5H2,1-3H3;5,11H,3-4H2,1-2H3;1H4. The highest BCUT2D eigenvalue weighted by molar-refractivity contribution is 5.82. The van der Waals surface area contributed by atoms with Crippen molar-refractivity contribution in [3.63, 3.8) is 0 Å². The zero-order valence-corrected chi connectivity index (χ0v) is 36.7. The van der Waals surface area contributed by atoms with Gasteiger partial charge < -0.3 is 37.7 Å². The Morgan fingerprint density at radius 3 is 1.32 bits per heavy atom. The molecule has 0 spiro atoms. The molecule has 0 radical (unpaired) electrons. The van der Waals surface area contributed by atoms with E-state index in [0.29, 0.717) is 62.2 Å². The van der Waals surface area contributed by atoms with E-state index >= 15 is 0 Å². The van der Waals surface area contributed by atoms with Gasteiger partial charge in [-0.05, 0) is 40.5 Å². The first kappa shape index (κ1) is 52.9. The number of ether oxygens (including phenoxy) is 2. The molecule has 5 heterocycles. The zero-order chi connectivity index (χ0) is 46.6. The largest absolute Gasteiger partial charge is 0.395 e. The van der Waals surface area contributed by atoms with Crippen LogP contribution in [0.3, 0.4) is 0 Å². The molecule has 22 heteroatoms. The number of rotatable bonds is 10. The summed E-state index contributed by atoms with van der Waals surface area (Å²) in [5.41, 5.74) is -0.598. The summed E-state index contributed by atoms with van der Waals surface area (Å²) < 4.78 is 19.7. The number of amides is 1. The van der Waals surface area contributed by atoms with Crippen LogP contribution in [0.2, 0.25) is 0 Å². The van der Waals surface area contributed by atoms with Gasteiger partial charge in [-0.25, -0.2) is 19.2 Å². The molecule has 63 heavy (non-hydrogen) atoms. The number of morpholine rings is 1. The molecule has 1 saturated carbocycles. The Morgan fingerprint density at radius 2 is 0.952 bits per heavy atom. The predicted octanol–water partition coefficient (Wildman–Crippen LogP) is -2.47. The molecule has 4 aromatic heterocycles. The van der Waals surface area contributed by atoms with E-state index in [1.165, 1.54) is 49.6 Å². The van der Waals surface area contributed by atoms with Gasteiger partial charge in [-0.1, -0.05) is 7.43 Å². The number of methoxy groups -OCH3 is 1. The van der Waals surface area contributed by atoms with Crippen molar-refractivity contribution in [2.75, 3.05) is 46.6 Å². The summed E-state index contributed by atoms with van der Waals surface area (Å²) in [7, 11) is 7.93. The third-order valence-electron chi connectivity index (χ3n) is 10.4. The van der Waals surface area contributed by atoms with Gasteiger partial charge in [-0.15, -0.1) is 0 Å². The van der Waals surface area contributed by atoms with Gasteiger partial charge in [-0.3, -0.25) is 47.0 Å². The third-order valence-corrected chi connectivity index (χ3v) is 10.4. The number of aliphatic hydroxyl groups is 1. The van der Waals surface area contributed by atoms with Gasteiger partial charge in [0.15, 0.2) is 5.78 Å². The monoisotopic (exact) mass is 887 g/mol. The van der Waals surface area contributed by atoms with Crippen molar-refractivity contribution in [1.82, 2.24) is 41.4 Å². The van der Waals surface area contributed by atoms with Crippen LogP contribution in [0.25, 0.3) is 0 Å². The van der Waals surface area contributed by atoms with Crippen LogP contribution >= 0.6 is 0 Å². The molecule has 1 aliphatic heterocycles. The fourth-order valence-corrected chi connectivity index (χ4v) is 5.84. The van der Waals surface area contributed by atoms with Crippen molar-refractivity contribution in [3.8, 4) is 0 Å². The number of aliphatic hydroxyl groups excluding tert-OH is 1. The molecule has 22 nitrogen and oxygen atoms in total. The second-order valence-corrected chi connectivity index (χ2v) is 14.8. The quantitative estimate of drug-likeness (QED) is 0.174. The molecule has 4 aromatic rings. The van der Waals surface area contributed by atoms with Crippen molar-refractivity contribution in [1.29, 1.82) is 0 Å². The summed E-state index contributed by atoms with van der Waals surface area (Å²) >= 11 is 0. The minimum Gasteiger partial charge on any atom is -0.395 e. The molecule has 1 amide bonds. The number of carbonyl (C=O) groups excluding carboxylic acids is 2. The lowest BCUT2D eigenvalue weighted by Gasteiger charge is -2.27. The van der Waals surface area contributed by atoms with Gasteiger partial charge in [0.05, 0.1) is 46.1 Å². The van der Waals surface area contributed by atoms with Crippen molar-refractivity contribution in [2.24, 2.45) is 34.1 Å². The van der Waals surface area contributed by atoms with Crippen LogP contribution < -0.4 is 45.0 Å². The zero-order valence-electron chi connectivity index (χ0n) is 36.7. The smallest absolute Gasteiger partial charge is 0.331 e. The number of aromatic nitrogens is 8. The van der Waals surface area contributed by atoms with Gasteiger partial charge in [-0.2, -0.15) is 0 Å². The molecule has 0 aromatic carbocycles. The SMILES string of the molecule is C.COCCn1c(=O)cc(C)n(C)c1=O.Cc1cc(=O)n(CC(=O)C2CC2)c(=O)n1C.Cc1cc(=O)n(CC(=O)N2CCOCC2)c(=O)n1C.Cc1cc(=O)n(CCO)c(=O)n1C. The average Bonchev–Trinajstić information content (AvgIpc) is 4.10. The second-order valence-electron chi connectivity index (χ2n) is 14.8. The Labute approximate surface area is 362 Å². The van der Waals surface area contributed by atoms with Crippen LogP contribution in [-0.2, 0) is 73.4 Å². The first-order valence-corrected chi connectivity index (χ1v) is 19.7. The fraction of sp³-hybridized carbons (Fsp3) is 0.561. The molecule has 2 aliphatic rings. The molecule has 1 saturated heterocycles. The topological polar surface area (TPSA) is 252 Å². The number of aryl methyl sites for hydroxylation is 4. The number of Topliss-reactive ketones (excluding diaryl/α,β-unsaturated/α-hetero) is 1. The van der Waals surface area contributed by atoms with E-state index in [4.69, 9.17) is 14.6 Å². The first-order valence-electron chi connectivity index (χ1n) is 19.7. The Bertz CT molecular complexity index is 2740.